The number of nitrogens with zero attached hydrogens (tertiary/aromatic N) is 3. The summed E-state index contributed by atoms with van der Waals surface area (Å²) in [6.07, 6.45) is 23.7. The molecule has 1 aromatic carbocycles. The van der Waals surface area contributed by atoms with Crippen LogP contribution in [0.4, 0.5) is 5.69 Å². The Labute approximate surface area is 233 Å². The molecule has 4 atom stereocenters. The van der Waals surface area contributed by atoms with Gasteiger partial charge in [0.1, 0.15) is 6.07 Å². The van der Waals surface area contributed by atoms with Crippen molar-refractivity contribution in [3.05, 3.63) is 112 Å². The minimum atomic E-state index is -1.14. The molecule has 0 bridgehead atoms. The first-order valence-corrected chi connectivity index (χ1v) is 19.3. The molecular weight excluding hydrogens is 577 g/mol. The number of hydrogen-bond donors (Lipinski definition) is 0. The van der Waals surface area contributed by atoms with Gasteiger partial charge < -0.3 is 0 Å². The van der Waals surface area contributed by atoms with E-state index in [2.05, 4.69) is 93.5 Å². The van der Waals surface area contributed by atoms with E-state index in [0.29, 0.717) is 21.6 Å². The molecule has 0 saturated heterocycles. The monoisotopic (exact) mass is 611 g/mol. The standard InChI is InChI=1S/C34H34IN3/c1-34(18-17-23(20-36)37-21-34)22-9-8-10-24(19-22)38-29-14-7-6-13-28(29)31-30(38)16-15-26-25-11-4-5-12-27(25)33(32(26)31)35(2)3/h4,6-11,13-14,17,19,21,28-29,33H,5,12,15-16,18H2,1-3H3. The van der Waals surface area contributed by atoms with Gasteiger partial charge in [-0.2, -0.15) is 5.26 Å². The molecule has 38 heavy (non-hydrogen) atoms. The number of alkyl halides is 3. The van der Waals surface area contributed by atoms with E-state index in [1.54, 1.807) is 33.6 Å². The number of fused-ring (bicyclic) bond motifs is 4. The van der Waals surface area contributed by atoms with Crippen LogP contribution >= 0.6 is 19.8 Å². The predicted octanol–water partition coefficient (Wildman–Crippen LogP) is 7.90. The van der Waals surface area contributed by atoms with Crippen molar-refractivity contribution < 1.29 is 0 Å². The zero-order valence-electron chi connectivity index (χ0n) is 22.4. The van der Waals surface area contributed by atoms with Crippen molar-refractivity contribution in [2.75, 3.05) is 14.8 Å². The first kappa shape index (κ1) is 24.2. The van der Waals surface area contributed by atoms with Gasteiger partial charge in [0, 0.05) is 0 Å². The second-order valence-electron chi connectivity index (χ2n) is 11.6. The van der Waals surface area contributed by atoms with Crippen molar-refractivity contribution in [1.29, 1.82) is 5.26 Å². The van der Waals surface area contributed by atoms with Crippen LogP contribution in [0.25, 0.3) is 0 Å². The number of rotatable bonds is 3. The van der Waals surface area contributed by atoms with Gasteiger partial charge in [0.2, 0.25) is 0 Å². The summed E-state index contributed by atoms with van der Waals surface area (Å²) in [5.41, 5.74) is 12.8. The van der Waals surface area contributed by atoms with E-state index in [9.17, 15) is 5.26 Å². The average molecular weight is 612 g/mol. The van der Waals surface area contributed by atoms with Crippen molar-refractivity contribution in [3.8, 4) is 6.07 Å². The summed E-state index contributed by atoms with van der Waals surface area (Å²) in [5, 5.41) is 9.26. The zero-order chi connectivity index (χ0) is 26.0. The SMILES string of the molecule is CI(C)C1C2=C(C=CCC2)C2=C1C1=C(CC2)N(c2cccc(C3(C)C=NC(C#N)=CC3)c2)C2C=CC=CC12. The molecule has 0 spiro atoms. The van der Waals surface area contributed by atoms with Crippen molar-refractivity contribution in [2.24, 2.45) is 10.9 Å². The van der Waals surface area contributed by atoms with Crippen LogP contribution in [-0.4, -0.2) is 26.0 Å². The van der Waals surface area contributed by atoms with Crippen LogP contribution in [0.3, 0.4) is 0 Å². The van der Waals surface area contributed by atoms with Gasteiger partial charge in [-0.3, -0.25) is 0 Å². The zero-order valence-corrected chi connectivity index (χ0v) is 24.6. The first-order valence-electron chi connectivity index (χ1n) is 13.8. The van der Waals surface area contributed by atoms with Crippen molar-refractivity contribution in [2.45, 2.75) is 54.4 Å². The molecule has 1 aromatic rings. The second kappa shape index (κ2) is 9.09. The van der Waals surface area contributed by atoms with Gasteiger partial charge in [-0.05, 0) is 0 Å². The normalized spacial score (nSPS) is 31.2. The van der Waals surface area contributed by atoms with Crippen LogP contribution in [-0.2, 0) is 5.41 Å². The molecule has 0 saturated carbocycles. The molecule has 2 heterocycles. The number of nitriles is 1. The number of halogens is 1. The third-order valence-electron chi connectivity index (χ3n) is 9.20. The topological polar surface area (TPSA) is 39.4 Å². The summed E-state index contributed by atoms with van der Waals surface area (Å²) < 4.78 is 0.698. The van der Waals surface area contributed by atoms with Crippen molar-refractivity contribution in [3.63, 3.8) is 0 Å². The van der Waals surface area contributed by atoms with Crippen LogP contribution in [0.5, 0.6) is 0 Å². The van der Waals surface area contributed by atoms with Crippen LogP contribution in [0.1, 0.15) is 44.6 Å². The number of hydrogen-bond acceptors (Lipinski definition) is 3. The Morgan fingerprint density at radius 1 is 1.11 bits per heavy atom. The van der Waals surface area contributed by atoms with Crippen LogP contribution in [0.2, 0.25) is 0 Å². The number of aliphatic imine (C=N–C) groups is 1. The Kier molecular flexibility index (Phi) is 5.78. The summed E-state index contributed by atoms with van der Waals surface area (Å²) in [6, 6.07) is 11.6. The molecule has 0 fully saturated rings. The summed E-state index contributed by atoms with van der Waals surface area (Å²) >= 11 is -1.14. The summed E-state index contributed by atoms with van der Waals surface area (Å²) in [7, 11) is 0. The average Bonchev–Trinajstić information content (AvgIpc) is 3.46. The molecule has 4 heteroatoms. The Hall–Kier alpha value is -2.91. The van der Waals surface area contributed by atoms with E-state index < -0.39 is 19.8 Å². The fourth-order valence-electron chi connectivity index (χ4n) is 7.44. The Balaban J connectivity index is 1.34. The maximum atomic E-state index is 9.26. The fourth-order valence-corrected chi connectivity index (χ4v) is 11.5. The van der Waals surface area contributed by atoms with E-state index in [1.807, 2.05) is 12.3 Å². The third-order valence-corrected chi connectivity index (χ3v) is 13.1. The van der Waals surface area contributed by atoms with Gasteiger partial charge in [0.05, 0.1) is 0 Å². The van der Waals surface area contributed by atoms with E-state index in [0.717, 1.165) is 19.3 Å². The molecule has 7 rings (SSSR count). The van der Waals surface area contributed by atoms with E-state index >= 15 is 0 Å². The summed E-state index contributed by atoms with van der Waals surface area (Å²) in [5.74, 6) is 0.417. The van der Waals surface area contributed by atoms with Gasteiger partial charge in [-0.25, -0.2) is 0 Å². The van der Waals surface area contributed by atoms with E-state index in [1.165, 1.54) is 24.1 Å². The summed E-state index contributed by atoms with van der Waals surface area (Å²) in [4.78, 5) is 12.3. The van der Waals surface area contributed by atoms with E-state index in [4.69, 9.17) is 0 Å². The summed E-state index contributed by atoms with van der Waals surface area (Å²) in [6.45, 7) is 2.24. The molecule has 0 amide bonds. The number of allylic oxidation sites excluding steroid dienone is 11. The Morgan fingerprint density at radius 3 is 2.76 bits per heavy atom. The Bertz CT molecular complexity index is 1520. The molecule has 0 N–H and O–H groups in total. The van der Waals surface area contributed by atoms with Gasteiger partial charge in [-0.1, -0.05) is 0 Å². The molecule has 0 radical (unpaired) electrons. The molecule has 2 aliphatic heterocycles. The molecule has 3 nitrogen and oxygen atoms in total. The molecule has 0 aromatic heterocycles. The quantitative estimate of drug-likeness (QED) is 0.258. The maximum absolute atomic E-state index is 9.26. The second-order valence-corrected chi connectivity index (χ2v) is 17.5. The van der Waals surface area contributed by atoms with Gasteiger partial charge in [0.15, 0.2) is 0 Å². The van der Waals surface area contributed by atoms with Crippen LogP contribution < -0.4 is 4.90 Å². The van der Waals surface area contributed by atoms with Crippen LogP contribution in [0, 0.1) is 17.2 Å². The first-order chi connectivity index (χ1) is 18.5. The molecule has 192 valence electrons. The van der Waals surface area contributed by atoms with Crippen molar-refractivity contribution >= 4 is 31.7 Å². The van der Waals surface area contributed by atoms with Crippen molar-refractivity contribution in [1.82, 2.24) is 0 Å². The molecular formula is C34H34IN3. The molecule has 4 aliphatic carbocycles. The van der Waals surface area contributed by atoms with Crippen LogP contribution in [0.15, 0.2) is 111 Å². The van der Waals surface area contributed by atoms with E-state index in [-0.39, 0.29) is 5.41 Å². The van der Waals surface area contributed by atoms with Gasteiger partial charge >= 0.3 is 223 Å². The predicted molar refractivity (Wildman–Crippen MR) is 167 cm³/mol. The Morgan fingerprint density at radius 2 is 1.97 bits per heavy atom. The molecule has 4 unspecified atom stereocenters. The minimum absolute atomic E-state index is 0.201. The number of anilines is 1. The third kappa shape index (κ3) is 3.54. The van der Waals surface area contributed by atoms with Gasteiger partial charge in [-0.15, -0.1) is 0 Å². The molecule has 6 aliphatic rings. The van der Waals surface area contributed by atoms with Gasteiger partial charge in [0.25, 0.3) is 0 Å². The fraction of sp³-hybridized carbons (Fsp3) is 0.353. The number of benzene rings is 1.